The normalized spacial score (nSPS) is 19.4. The number of methoxy groups -OCH3 is 1. The van der Waals surface area contributed by atoms with Gasteiger partial charge in [0.1, 0.15) is 5.60 Å². The lowest BCUT2D eigenvalue weighted by Gasteiger charge is -2.28. The number of hydrogen-bond acceptors (Lipinski definition) is 6. The molecule has 1 fully saturated rings. The van der Waals surface area contributed by atoms with Crippen LogP contribution in [-0.4, -0.2) is 43.3 Å². The van der Waals surface area contributed by atoms with Crippen molar-refractivity contribution in [1.82, 2.24) is 16.0 Å². The maximum absolute atomic E-state index is 12.4. The number of ether oxygens (including phenoxy) is 2. The second-order valence-electron chi connectivity index (χ2n) is 6.74. The van der Waals surface area contributed by atoms with Gasteiger partial charge in [0.15, 0.2) is 5.54 Å². The molecule has 2 rings (SSSR count). The van der Waals surface area contributed by atoms with Crippen LogP contribution in [0.15, 0.2) is 24.3 Å². The fourth-order valence-electron chi connectivity index (χ4n) is 2.45. The van der Waals surface area contributed by atoms with Gasteiger partial charge in [-0.05, 0) is 38.5 Å². The fraction of sp³-hybridized carbons (Fsp3) is 0.412. The van der Waals surface area contributed by atoms with Crippen LogP contribution >= 0.6 is 0 Å². The molecule has 1 heterocycles. The molecule has 0 aliphatic carbocycles. The minimum Gasteiger partial charge on any atom is -0.465 e. The number of amides is 4. The molecule has 1 aromatic carbocycles. The molecule has 9 heteroatoms. The van der Waals surface area contributed by atoms with Crippen LogP contribution in [-0.2, 0) is 19.8 Å². The zero-order valence-electron chi connectivity index (χ0n) is 15.0. The summed E-state index contributed by atoms with van der Waals surface area (Å²) < 4.78 is 9.78. The predicted molar refractivity (Wildman–Crippen MR) is 90.4 cm³/mol. The zero-order chi connectivity index (χ0) is 19.5. The Morgan fingerprint density at radius 3 is 2.23 bits per heavy atom. The van der Waals surface area contributed by atoms with Gasteiger partial charge in [0.2, 0.25) is 0 Å². The Kier molecular flexibility index (Phi) is 5.20. The maximum Gasteiger partial charge on any atom is 0.407 e. The van der Waals surface area contributed by atoms with Gasteiger partial charge in [-0.3, -0.25) is 10.1 Å². The number of carbonyl (C=O) groups excluding carboxylic acids is 4. The summed E-state index contributed by atoms with van der Waals surface area (Å²) in [5.74, 6) is -1.15. The smallest absolute Gasteiger partial charge is 0.407 e. The highest BCUT2D eigenvalue weighted by atomic mass is 16.6. The number of imide groups is 1. The first kappa shape index (κ1) is 19.2. The average molecular weight is 363 g/mol. The van der Waals surface area contributed by atoms with E-state index in [4.69, 9.17) is 4.74 Å². The van der Waals surface area contributed by atoms with Crippen molar-refractivity contribution in [1.29, 1.82) is 0 Å². The van der Waals surface area contributed by atoms with Crippen molar-refractivity contribution in [2.45, 2.75) is 31.9 Å². The van der Waals surface area contributed by atoms with Crippen LogP contribution in [0.25, 0.3) is 0 Å². The highest BCUT2D eigenvalue weighted by Gasteiger charge is 2.48. The largest absolute Gasteiger partial charge is 0.465 e. The number of alkyl carbamates (subject to hydrolysis) is 1. The number of carbonyl (C=O) groups is 4. The third-order valence-electron chi connectivity index (χ3n) is 3.64. The first-order valence-corrected chi connectivity index (χ1v) is 7.87. The van der Waals surface area contributed by atoms with Crippen molar-refractivity contribution in [3.05, 3.63) is 35.4 Å². The summed E-state index contributed by atoms with van der Waals surface area (Å²) in [7, 11) is 1.26. The number of hydrogen-bond donors (Lipinski definition) is 3. The molecular weight excluding hydrogens is 342 g/mol. The SMILES string of the molecule is COC(=O)c1ccc(C2(CNC(=O)OC(C)(C)C)NC(=O)NC2=O)cc1. The lowest BCUT2D eigenvalue weighted by molar-refractivity contribution is -0.124. The van der Waals surface area contributed by atoms with Crippen molar-refractivity contribution in [2.24, 2.45) is 0 Å². The van der Waals surface area contributed by atoms with E-state index < -0.39 is 35.1 Å². The van der Waals surface area contributed by atoms with E-state index in [0.717, 1.165) is 0 Å². The molecule has 1 aliphatic heterocycles. The molecule has 0 aromatic heterocycles. The molecule has 1 atom stereocenters. The standard InChI is InChI=1S/C17H21N3O6/c1-16(2,3)26-15(24)18-9-17(13(22)19-14(23)20-17)11-7-5-10(6-8-11)12(21)25-4/h5-8H,9H2,1-4H3,(H,18,24)(H2,19,20,22,23). The third-order valence-corrected chi connectivity index (χ3v) is 3.64. The number of nitrogens with one attached hydrogen (secondary N) is 3. The Hall–Kier alpha value is -3.10. The van der Waals surface area contributed by atoms with E-state index in [1.807, 2.05) is 0 Å². The molecule has 140 valence electrons. The summed E-state index contributed by atoms with van der Waals surface area (Å²) >= 11 is 0. The Morgan fingerprint density at radius 1 is 1.15 bits per heavy atom. The molecule has 0 spiro atoms. The molecule has 0 saturated carbocycles. The summed E-state index contributed by atoms with van der Waals surface area (Å²) in [6.45, 7) is 4.89. The first-order chi connectivity index (χ1) is 12.1. The second kappa shape index (κ2) is 7.03. The molecule has 1 saturated heterocycles. The molecule has 0 radical (unpaired) electrons. The molecule has 1 aromatic rings. The van der Waals surface area contributed by atoms with Gasteiger partial charge >= 0.3 is 18.1 Å². The van der Waals surface area contributed by atoms with Crippen molar-refractivity contribution >= 4 is 24.0 Å². The highest BCUT2D eigenvalue weighted by molar-refractivity contribution is 6.07. The molecule has 1 aliphatic rings. The minimum atomic E-state index is -1.51. The Bertz CT molecular complexity index is 738. The third kappa shape index (κ3) is 4.11. The van der Waals surface area contributed by atoms with Gasteiger partial charge < -0.3 is 20.1 Å². The van der Waals surface area contributed by atoms with Crippen molar-refractivity contribution in [2.75, 3.05) is 13.7 Å². The topological polar surface area (TPSA) is 123 Å². The zero-order valence-corrected chi connectivity index (χ0v) is 15.0. The van der Waals surface area contributed by atoms with Crippen LogP contribution in [0.2, 0.25) is 0 Å². The summed E-state index contributed by atoms with van der Waals surface area (Å²) in [4.78, 5) is 47.5. The van der Waals surface area contributed by atoms with Gasteiger partial charge in [-0.15, -0.1) is 0 Å². The van der Waals surface area contributed by atoms with E-state index in [1.54, 1.807) is 20.8 Å². The predicted octanol–water partition coefficient (Wildman–Crippen LogP) is 1.03. The molecule has 26 heavy (non-hydrogen) atoms. The maximum atomic E-state index is 12.4. The van der Waals surface area contributed by atoms with E-state index >= 15 is 0 Å². The van der Waals surface area contributed by atoms with E-state index in [-0.39, 0.29) is 12.1 Å². The summed E-state index contributed by atoms with van der Waals surface area (Å²) in [6.07, 6.45) is -0.725. The van der Waals surface area contributed by atoms with Crippen LogP contribution in [0, 0.1) is 0 Å². The van der Waals surface area contributed by atoms with E-state index in [0.29, 0.717) is 5.56 Å². The van der Waals surface area contributed by atoms with Crippen molar-refractivity contribution in [3.8, 4) is 0 Å². The van der Waals surface area contributed by atoms with Gasteiger partial charge in [-0.25, -0.2) is 14.4 Å². The van der Waals surface area contributed by atoms with E-state index in [1.165, 1.54) is 31.4 Å². The van der Waals surface area contributed by atoms with Crippen molar-refractivity contribution in [3.63, 3.8) is 0 Å². The van der Waals surface area contributed by atoms with Gasteiger partial charge in [0, 0.05) is 0 Å². The summed E-state index contributed by atoms with van der Waals surface area (Å²) in [5.41, 5.74) is -1.54. The molecule has 4 amide bonds. The number of rotatable bonds is 4. The Morgan fingerprint density at radius 2 is 1.77 bits per heavy atom. The minimum absolute atomic E-state index is 0.225. The first-order valence-electron chi connectivity index (χ1n) is 7.87. The Balaban J connectivity index is 2.26. The van der Waals surface area contributed by atoms with Gasteiger partial charge in [-0.1, -0.05) is 12.1 Å². The molecule has 1 unspecified atom stereocenters. The van der Waals surface area contributed by atoms with E-state index in [2.05, 4.69) is 20.7 Å². The summed E-state index contributed by atoms with van der Waals surface area (Å²) in [5, 5.41) is 7.17. The molecule has 0 bridgehead atoms. The lowest BCUT2D eigenvalue weighted by atomic mass is 9.89. The average Bonchev–Trinajstić information content (AvgIpc) is 2.85. The van der Waals surface area contributed by atoms with Gasteiger partial charge in [0.25, 0.3) is 5.91 Å². The number of esters is 1. The highest BCUT2D eigenvalue weighted by Crippen LogP contribution is 2.25. The van der Waals surface area contributed by atoms with Gasteiger partial charge in [0.05, 0.1) is 19.2 Å². The monoisotopic (exact) mass is 363 g/mol. The van der Waals surface area contributed by atoms with E-state index in [9.17, 15) is 19.2 Å². The van der Waals surface area contributed by atoms with Gasteiger partial charge in [-0.2, -0.15) is 0 Å². The van der Waals surface area contributed by atoms with Crippen LogP contribution in [0.4, 0.5) is 9.59 Å². The van der Waals surface area contributed by atoms with Crippen LogP contribution < -0.4 is 16.0 Å². The van der Waals surface area contributed by atoms with Crippen LogP contribution in [0.3, 0.4) is 0 Å². The fourth-order valence-corrected chi connectivity index (χ4v) is 2.45. The van der Waals surface area contributed by atoms with Crippen LogP contribution in [0.5, 0.6) is 0 Å². The second-order valence-corrected chi connectivity index (χ2v) is 6.74. The number of urea groups is 1. The Labute approximate surface area is 150 Å². The molecule has 3 N–H and O–H groups in total. The lowest BCUT2D eigenvalue weighted by Crippen LogP contribution is -2.53. The van der Waals surface area contributed by atoms with Crippen LogP contribution in [0.1, 0.15) is 36.7 Å². The van der Waals surface area contributed by atoms with Crippen molar-refractivity contribution < 1.29 is 28.7 Å². The summed E-state index contributed by atoms with van der Waals surface area (Å²) in [6, 6.07) is 5.27. The number of benzene rings is 1. The molecular formula is C17H21N3O6. The quantitative estimate of drug-likeness (QED) is 0.542. The molecule has 9 nitrogen and oxygen atoms in total.